The molecule has 182 valence electrons. The average molecular weight is 437 g/mol. The SMILES string of the molecule is CC.CC.CCCC(C)/C=C(\N)C1C=C(CCCCCC(=O)NCCCCN)C=CN1. The first-order valence-electron chi connectivity index (χ1n) is 12.6. The van der Waals surface area contributed by atoms with Crippen molar-refractivity contribution in [1.29, 1.82) is 0 Å². The molecule has 5 heteroatoms. The van der Waals surface area contributed by atoms with E-state index < -0.39 is 0 Å². The summed E-state index contributed by atoms with van der Waals surface area (Å²) in [5.74, 6) is 0.674. The number of dihydropyridines is 1. The number of hydrogen-bond acceptors (Lipinski definition) is 4. The van der Waals surface area contributed by atoms with Gasteiger partial charge in [-0.1, -0.05) is 66.5 Å². The van der Waals surface area contributed by atoms with E-state index in [0.717, 1.165) is 50.8 Å². The number of amides is 1. The molecule has 1 rings (SSSR count). The maximum atomic E-state index is 11.7. The Bertz CT molecular complexity index is 512. The molecule has 0 aromatic carbocycles. The smallest absolute Gasteiger partial charge is 0.219 e. The fourth-order valence-corrected chi connectivity index (χ4v) is 3.28. The van der Waals surface area contributed by atoms with Crippen molar-refractivity contribution in [2.24, 2.45) is 17.4 Å². The number of allylic oxidation sites excluding steroid dienone is 3. The van der Waals surface area contributed by atoms with Crippen LogP contribution in [-0.4, -0.2) is 25.0 Å². The Balaban J connectivity index is 0. The Labute approximate surface area is 193 Å². The first-order valence-corrected chi connectivity index (χ1v) is 12.6. The molecule has 1 aliphatic heterocycles. The van der Waals surface area contributed by atoms with Crippen LogP contribution in [0.1, 0.15) is 99.3 Å². The van der Waals surface area contributed by atoms with Crippen LogP contribution < -0.4 is 22.1 Å². The summed E-state index contributed by atoms with van der Waals surface area (Å²) in [7, 11) is 0. The highest BCUT2D eigenvalue weighted by Gasteiger charge is 2.12. The molecule has 31 heavy (non-hydrogen) atoms. The van der Waals surface area contributed by atoms with Gasteiger partial charge in [-0.15, -0.1) is 0 Å². The molecule has 1 aliphatic rings. The highest BCUT2D eigenvalue weighted by Crippen LogP contribution is 2.18. The molecule has 1 amide bonds. The molecule has 0 aromatic heterocycles. The second-order valence-corrected chi connectivity index (χ2v) is 7.56. The largest absolute Gasteiger partial charge is 0.400 e. The normalized spacial score (nSPS) is 16.0. The summed E-state index contributed by atoms with van der Waals surface area (Å²) in [5, 5.41) is 6.29. The molecule has 6 N–H and O–H groups in total. The number of hydrogen-bond donors (Lipinski definition) is 4. The van der Waals surface area contributed by atoms with Crippen molar-refractivity contribution in [3.63, 3.8) is 0 Å². The third-order valence-electron chi connectivity index (χ3n) is 4.86. The van der Waals surface area contributed by atoms with E-state index >= 15 is 0 Å². The summed E-state index contributed by atoms with van der Waals surface area (Å²) in [6.07, 6.45) is 17.6. The molecule has 1 heterocycles. The predicted molar refractivity (Wildman–Crippen MR) is 138 cm³/mol. The fourth-order valence-electron chi connectivity index (χ4n) is 3.28. The zero-order valence-corrected chi connectivity index (χ0v) is 21.3. The first kappa shape index (κ1) is 31.4. The van der Waals surface area contributed by atoms with Crippen molar-refractivity contribution in [1.82, 2.24) is 10.6 Å². The minimum Gasteiger partial charge on any atom is -0.400 e. The van der Waals surface area contributed by atoms with Gasteiger partial charge in [-0.3, -0.25) is 4.79 Å². The number of carbonyl (C=O) groups excluding carboxylic acids is 1. The van der Waals surface area contributed by atoms with Crippen molar-refractivity contribution < 1.29 is 4.79 Å². The minimum absolute atomic E-state index is 0.101. The third-order valence-corrected chi connectivity index (χ3v) is 4.86. The average Bonchev–Trinajstić information content (AvgIpc) is 2.79. The monoisotopic (exact) mass is 436 g/mol. The van der Waals surface area contributed by atoms with Crippen LogP contribution in [0.5, 0.6) is 0 Å². The molecule has 0 saturated carbocycles. The van der Waals surface area contributed by atoms with E-state index in [-0.39, 0.29) is 11.9 Å². The van der Waals surface area contributed by atoms with Crippen molar-refractivity contribution in [3.05, 3.63) is 35.7 Å². The summed E-state index contributed by atoms with van der Waals surface area (Å²) in [5.41, 5.74) is 14.0. The van der Waals surface area contributed by atoms with Crippen molar-refractivity contribution >= 4 is 5.91 Å². The quantitative estimate of drug-likeness (QED) is 0.269. The van der Waals surface area contributed by atoms with E-state index in [1.807, 2.05) is 33.9 Å². The lowest BCUT2D eigenvalue weighted by Gasteiger charge is -2.21. The second-order valence-electron chi connectivity index (χ2n) is 7.56. The number of nitrogens with two attached hydrogens (primary N) is 2. The molecule has 0 bridgehead atoms. The van der Waals surface area contributed by atoms with Gasteiger partial charge in [0.05, 0.1) is 6.04 Å². The summed E-state index contributed by atoms with van der Waals surface area (Å²) >= 11 is 0. The van der Waals surface area contributed by atoms with Crippen molar-refractivity contribution in [2.45, 2.75) is 105 Å². The lowest BCUT2D eigenvalue weighted by Crippen LogP contribution is -2.31. The molecule has 5 nitrogen and oxygen atoms in total. The maximum absolute atomic E-state index is 11.7. The van der Waals surface area contributed by atoms with Crippen LogP contribution in [0.2, 0.25) is 0 Å². The van der Waals surface area contributed by atoms with Gasteiger partial charge in [0.25, 0.3) is 0 Å². The van der Waals surface area contributed by atoms with E-state index in [1.165, 1.54) is 18.4 Å². The highest BCUT2D eigenvalue weighted by molar-refractivity contribution is 5.75. The van der Waals surface area contributed by atoms with E-state index in [9.17, 15) is 4.79 Å². The van der Waals surface area contributed by atoms with Gasteiger partial charge in [-0.05, 0) is 68.8 Å². The summed E-state index contributed by atoms with van der Waals surface area (Å²) in [4.78, 5) is 11.7. The van der Waals surface area contributed by atoms with E-state index in [0.29, 0.717) is 18.9 Å². The molecular formula is C26H52N4O. The predicted octanol–water partition coefficient (Wildman–Crippen LogP) is 5.54. The van der Waals surface area contributed by atoms with Crippen LogP contribution in [-0.2, 0) is 4.79 Å². The van der Waals surface area contributed by atoms with Crippen LogP contribution in [0.15, 0.2) is 35.7 Å². The van der Waals surface area contributed by atoms with E-state index in [4.69, 9.17) is 11.5 Å². The summed E-state index contributed by atoms with van der Waals surface area (Å²) in [6, 6.07) is 0.101. The van der Waals surface area contributed by atoms with Crippen molar-refractivity contribution in [2.75, 3.05) is 13.1 Å². The Hall–Kier alpha value is -1.75. The number of carbonyl (C=O) groups is 1. The molecule has 0 spiro atoms. The van der Waals surface area contributed by atoms with Gasteiger partial charge < -0.3 is 22.1 Å². The lowest BCUT2D eigenvalue weighted by atomic mass is 9.98. The zero-order chi connectivity index (χ0) is 23.9. The van der Waals surface area contributed by atoms with Crippen LogP contribution in [0, 0.1) is 5.92 Å². The van der Waals surface area contributed by atoms with Gasteiger partial charge in [0, 0.05) is 18.7 Å². The maximum Gasteiger partial charge on any atom is 0.219 e. The van der Waals surface area contributed by atoms with Gasteiger partial charge in [0.2, 0.25) is 5.91 Å². The highest BCUT2D eigenvalue weighted by atomic mass is 16.1. The molecule has 2 atom stereocenters. The number of nitrogens with one attached hydrogen (secondary N) is 2. The Morgan fingerprint density at radius 3 is 2.52 bits per heavy atom. The number of unbranched alkanes of at least 4 members (excludes halogenated alkanes) is 3. The Morgan fingerprint density at radius 1 is 1.16 bits per heavy atom. The minimum atomic E-state index is 0.101. The summed E-state index contributed by atoms with van der Waals surface area (Å²) < 4.78 is 0. The third kappa shape index (κ3) is 17.6. The van der Waals surface area contributed by atoms with Gasteiger partial charge in [-0.2, -0.15) is 0 Å². The molecule has 0 radical (unpaired) electrons. The zero-order valence-electron chi connectivity index (χ0n) is 21.3. The molecule has 0 saturated heterocycles. The van der Waals surface area contributed by atoms with Crippen LogP contribution >= 0.6 is 0 Å². The van der Waals surface area contributed by atoms with Crippen molar-refractivity contribution in [3.8, 4) is 0 Å². The molecule has 2 unspecified atom stereocenters. The Morgan fingerprint density at radius 2 is 1.87 bits per heavy atom. The first-order chi connectivity index (χ1) is 15.1. The molecule has 0 aliphatic carbocycles. The molecular weight excluding hydrogens is 384 g/mol. The van der Waals surface area contributed by atoms with E-state index in [1.54, 1.807) is 0 Å². The number of rotatable bonds is 14. The van der Waals surface area contributed by atoms with Crippen LogP contribution in [0.4, 0.5) is 0 Å². The molecule has 0 aromatic rings. The van der Waals surface area contributed by atoms with Crippen LogP contribution in [0.25, 0.3) is 0 Å². The second kappa shape index (κ2) is 22.9. The standard InChI is InChI=1S/C22H40N4O.2C2H6/c1-3-9-18(2)16-20(24)21-17-19(12-15-25-21)10-5-4-6-11-22(27)26-14-8-7-13-23;2*1-2/h12,15-18,21,25H,3-11,13-14,23-24H2,1-2H3,(H,26,27);2*1-2H3/b20-16-;;. The van der Waals surface area contributed by atoms with E-state index in [2.05, 4.69) is 42.7 Å². The lowest BCUT2D eigenvalue weighted by molar-refractivity contribution is -0.121. The van der Waals surface area contributed by atoms with Gasteiger partial charge in [0.15, 0.2) is 0 Å². The van der Waals surface area contributed by atoms with Gasteiger partial charge >= 0.3 is 0 Å². The van der Waals surface area contributed by atoms with Crippen LogP contribution in [0.3, 0.4) is 0 Å². The van der Waals surface area contributed by atoms with Gasteiger partial charge in [-0.25, -0.2) is 0 Å². The fraction of sp³-hybridized carbons (Fsp3) is 0.731. The topological polar surface area (TPSA) is 93.2 Å². The molecule has 0 fully saturated rings. The summed E-state index contributed by atoms with van der Waals surface area (Å²) in [6.45, 7) is 13.9. The van der Waals surface area contributed by atoms with Gasteiger partial charge in [0.1, 0.15) is 0 Å². The Kier molecular flexibility index (Phi) is 23.2.